The summed E-state index contributed by atoms with van der Waals surface area (Å²) in [6.45, 7) is 3.38. The molecule has 2 aromatic heterocycles. The summed E-state index contributed by atoms with van der Waals surface area (Å²) in [7, 11) is 0. The SMILES string of the molecule is CCOC(=O)C1CCCN(NC(=O)c2cn3ccsc3n2)C1. The van der Waals surface area contributed by atoms with Crippen LogP contribution >= 0.6 is 11.3 Å². The number of nitrogens with one attached hydrogen (secondary N) is 1. The Balaban J connectivity index is 1.61. The predicted molar refractivity (Wildman–Crippen MR) is 81.5 cm³/mol. The van der Waals surface area contributed by atoms with Crippen molar-refractivity contribution in [2.45, 2.75) is 19.8 Å². The van der Waals surface area contributed by atoms with Gasteiger partial charge in [-0.15, -0.1) is 11.3 Å². The maximum Gasteiger partial charge on any atom is 0.310 e. The van der Waals surface area contributed by atoms with E-state index in [0.717, 1.165) is 24.3 Å². The van der Waals surface area contributed by atoms with E-state index in [2.05, 4.69) is 10.4 Å². The van der Waals surface area contributed by atoms with E-state index in [0.29, 0.717) is 18.8 Å². The molecule has 1 amide bonds. The zero-order valence-electron chi connectivity index (χ0n) is 12.3. The van der Waals surface area contributed by atoms with Gasteiger partial charge in [0.05, 0.1) is 12.5 Å². The fourth-order valence-corrected chi connectivity index (χ4v) is 3.27. The van der Waals surface area contributed by atoms with E-state index in [4.69, 9.17) is 4.74 Å². The van der Waals surface area contributed by atoms with Crippen LogP contribution in [0.15, 0.2) is 17.8 Å². The zero-order chi connectivity index (χ0) is 15.5. The molecule has 1 aliphatic heterocycles. The number of nitrogens with zero attached hydrogens (tertiary/aromatic N) is 3. The molecule has 0 radical (unpaired) electrons. The molecule has 0 spiro atoms. The molecule has 1 unspecified atom stereocenters. The van der Waals surface area contributed by atoms with Crippen molar-refractivity contribution >= 4 is 28.2 Å². The lowest BCUT2D eigenvalue weighted by Crippen LogP contribution is -2.49. The van der Waals surface area contributed by atoms with Gasteiger partial charge in [0.15, 0.2) is 4.96 Å². The quantitative estimate of drug-likeness (QED) is 0.859. The number of carbonyl (C=O) groups excluding carboxylic acids is 2. The average Bonchev–Trinajstić information content (AvgIpc) is 3.09. The second kappa shape index (κ2) is 6.45. The Morgan fingerprint density at radius 3 is 3.18 bits per heavy atom. The van der Waals surface area contributed by atoms with Gasteiger partial charge in [0.25, 0.3) is 5.91 Å². The third-order valence-electron chi connectivity index (χ3n) is 3.63. The Morgan fingerprint density at radius 1 is 1.55 bits per heavy atom. The summed E-state index contributed by atoms with van der Waals surface area (Å²) in [5.41, 5.74) is 3.21. The van der Waals surface area contributed by atoms with E-state index in [1.807, 2.05) is 16.0 Å². The minimum absolute atomic E-state index is 0.181. The maximum absolute atomic E-state index is 12.2. The molecule has 2 aromatic rings. The van der Waals surface area contributed by atoms with E-state index in [-0.39, 0.29) is 17.8 Å². The molecule has 3 rings (SSSR count). The van der Waals surface area contributed by atoms with Crippen molar-refractivity contribution in [1.29, 1.82) is 0 Å². The van der Waals surface area contributed by atoms with Crippen LogP contribution in [0.25, 0.3) is 4.96 Å². The molecule has 1 atom stereocenters. The van der Waals surface area contributed by atoms with Crippen molar-refractivity contribution in [3.63, 3.8) is 0 Å². The summed E-state index contributed by atoms with van der Waals surface area (Å²) >= 11 is 1.48. The first-order chi connectivity index (χ1) is 10.7. The fraction of sp³-hybridized carbons (Fsp3) is 0.500. The first kappa shape index (κ1) is 15.0. The number of hydrazine groups is 1. The summed E-state index contributed by atoms with van der Waals surface area (Å²) in [4.78, 5) is 29.1. The zero-order valence-corrected chi connectivity index (χ0v) is 13.1. The number of carbonyl (C=O) groups is 2. The van der Waals surface area contributed by atoms with Crippen molar-refractivity contribution in [3.8, 4) is 0 Å². The number of esters is 1. The van der Waals surface area contributed by atoms with Crippen LogP contribution in [0.3, 0.4) is 0 Å². The maximum atomic E-state index is 12.2. The Morgan fingerprint density at radius 2 is 2.41 bits per heavy atom. The second-order valence-electron chi connectivity index (χ2n) is 5.20. The van der Waals surface area contributed by atoms with Crippen LogP contribution in [0, 0.1) is 5.92 Å². The first-order valence-electron chi connectivity index (χ1n) is 7.32. The minimum atomic E-state index is -0.250. The number of imidazole rings is 1. The van der Waals surface area contributed by atoms with Gasteiger partial charge >= 0.3 is 5.97 Å². The molecule has 1 N–H and O–H groups in total. The van der Waals surface area contributed by atoms with Gasteiger partial charge in [0.1, 0.15) is 5.69 Å². The summed E-state index contributed by atoms with van der Waals surface area (Å²) in [6, 6.07) is 0. The Labute approximate surface area is 131 Å². The van der Waals surface area contributed by atoms with Crippen molar-refractivity contribution < 1.29 is 14.3 Å². The highest BCUT2D eigenvalue weighted by atomic mass is 32.1. The van der Waals surface area contributed by atoms with E-state index in [1.54, 1.807) is 18.1 Å². The van der Waals surface area contributed by atoms with Gasteiger partial charge < -0.3 is 4.74 Å². The summed E-state index contributed by atoms with van der Waals surface area (Å²) < 4.78 is 6.87. The molecule has 8 heteroatoms. The highest BCUT2D eigenvalue weighted by Crippen LogP contribution is 2.17. The number of amides is 1. The number of hydrogen-bond donors (Lipinski definition) is 1. The molecule has 1 fully saturated rings. The summed E-state index contributed by atoms with van der Waals surface area (Å²) in [5, 5.41) is 3.69. The number of hydrogen-bond acceptors (Lipinski definition) is 6. The second-order valence-corrected chi connectivity index (χ2v) is 6.07. The average molecular weight is 322 g/mol. The molecule has 3 heterocycles. The lowest BCUT2D eigenvalue weighted by Gasteiger charge is -2.31. The van der Waals surface area contributed by atoms with E-state index in [1.165, 1.54) is 11.3 Å². The first-order valence-corrected chi connectivity index (χ1v) is 8.20. The number of fused-ring (bicyclic) bond motifs is 1. The van der Waals surface area contributed by atoms with Crippen molar-refractivity contribution in [3.05, 3.63) is 23.5 Å². The third kappa shape index (κ3) is 3.12. The minimum Gasteiger partial charge on any atom is -0.466 e. The number of rotatable bonds is 4. The van der Waals surface area contributed by atoms with Crippen LogP contribution in [0.2, 0.25) is 0 Å². The van der Waals surface area contributed by atoms with Gasteiger partial charge in [0.2, 0.25) is 0 Å². The van der Waals surface area contributed by atoms with Gasteiger partial charge in [-0.3, -0.25) is 19.4 Å². The molecule has 0 saturated carbocycles. The summed E-state index contributed by atoms with van der Waals surface area (Å²) in [5.74, 6) is -0.621. The van der Waals surface area contributed by atoms with Crippen LogP contribution in [0.1, 0.15) is 30.3 Å². The standard InChI is InChI=1S/C14H18N4O3S/c1-2-21-13(20)10-4-3-5-18(8-10)16-12(19)11-9-17-6-7-22-14(17)15-11/h6-7,9-10H,2-5,8H2,1H3,(H,16,19). The van der Waals surface area contributed by atoms with Crippen LogP contribution in [-0.4, -0.2) is 46.0 Å². The number of thiazole rings is 1. The Bertz CT molecular complexity index is 652. The normalized spacial score (nSPS) is 19.2. The number of piperidine rings is 1. The molecule has 7 nitrogen and oxygen atoms in total. The molecular weight excluding hydrogens is 304 g/mol. The fourth-order valence-electron chi connectivity index (χ4n) is 2.57. The topological polar surface area (TPSA) is 75.9 Å². The van der Waals surface area contributed by atoms with E-state index >= 15 is 0 Å². The van der Waals surface area contributed by atoms with Gasteiger partial charge in [-0.25, -0.2) is 9.99 Å². The Hall–Kier alpha value is -1.93. The smallest absolute Gasteiger partial charge is 0.310 e. The molecule has 0 aromatic carbocycles. The molecular formula is C14H18N4O3S. The highest BCUT2D eigenvalue weighted by molar-refractivity contribution is 7.15. The number of ether oxygens (including phenoxy) is 1. The molecule has 1 aliphatic rings. The van der Waals surface area contributed by atoms with Gasteiger partial charge in [0, 0.05) is 30.9 Å². The molecule has 0 bridgehead atoms. The Kier molecular flexibility index (Phi) is 4.39. The predicted octanol–water partition coefficient (Wildman–Crippen LogP) is 1.32. The van der Waals surface area contributed by atoms with Gasteiger partial charge in [-0.2, -0.15) is 0 Å². The van der Waals surface area contributed by atoms with Gasteiger partial charge in [-0.1, -0.05) is 0 Å². The lowest BCUT2D eigenvalue weighted by molar-refractivity contribution is -0.150. The molecule has 0 aliphatic carbocycles. The highest BCUT2D eigenvalue weighted by Gasteiger charge is 2.28. The summed E-state index contributed by atoms with van der Waals surface area (Å²) in [6.07, 6.45) is 5.21. The van der Waals surface area contributed by atoms with Crippen molar-refractivity contribution in [1.82, 2.24) is 19.8 Å². The molecule has 22 heavy (non-hydrogen) atoms. The van der Waals surface area contributed by atoms with Crippen LogP contribution in [0.5, 0.6) is 0 Å². The lowest BCUT2D eigenvalue weighted by atomic mass is 9.99. The third-order valence-corrected chi connectivity index (χ3v) is 4.40. The van der Waals surface area contributed by atoms with Crippen molar-refractivity contribution in [2.75, 3.05) is 19.7 Å². The van der Waals surface area contributed by atoms with Crippen molar-refractivity contribution in [2.24, 2.45) is 5.92 Å². The van der Waals surface area contributed by atoms with Crippen LogP contribution in [-0.2, 0) is 9.53 Å². The van der Waals surface area contributed by atoms with Crippen LogP contribution in [0.4, 0.5) is 0 Å². The largest absolute Gasteiger partial charge is 0.466 e. The van der Waals surface area contributed by atoms with Crippen LogP contribution < -0.4 is 5.43 Å². The molecule has 1 saturated heterocycles. The van der Waals surface area contributed by atoms with E-state index < -0.39 is 0 Å². The monoisotopic (exact) mass is 322 g/mol. The van der Waals surface area contributed by atoms with Gasteiger partial charge in [-0.05, 0) is 19.8 Å². The number of aromatic nitrogens is 2. The molecule has 118 valence electrons. The van der Waals surface area contributed by atoms with E-state index in [9.17, 15) is 9.59 Å².